The Bertz CT molecular complexity index is 1020. The molecule has 5 nitrogen and oxygen atoms in total. The van der Waals surface area contributed by atoms with Gasteiger partial charge in [-0.3, -0.25) is 4.79 Å². The van der Waals surface area contributed by atoms with Crippen molar-refractivity contribution < 1.29 is 14.3 Å². The minimum absolute atomic E-state index is 0.294. The van der Waals surface area contributed by atoms with Gasteiger partial charge in [-0.1, -0.05) is 45.7 Å². The lowest BCUT2D eigenvalue weighted by Crippen LogP contribution is -2.17. The second-order valence-electron chi connectivity index (χ2n) is 6.03. The van der Waals surface area contributed by atoms with Crippen LogP contribution >= 0.6 is 27.5 Å². The molecule has 3 aromatic carbocycles. The van der Waals surface area contributed by atoms with Crippen molar-refractivity contribution in [2.75, 3.05) is 7.11 Å². The van der Waals surface area contributed by atoms with E-state index >= 15 is 0 Å². The Kier molecular flexibility index (Phi) is 7.27. The predicted molar refractivity (Wildman–Crippen MR) is 118 cm³/mol. The fourth-order valence-electron chi connectivity index (χ4n) is 2.49. The molecule has 3 rings (SSSR count). The van der Waals surface area contributed by atoms with Crippen molar-refractivity contribution in [2.24, 2.45) is 5.10 Å². The molecule has 1 amide bonds. The van der Waals surface area contributed by atoms with E-state index in [9.17, 15) is 4.79 Å². The van der Waals surface area contributed by atoms with Gasteiger partial charge >= 0.3 is 0 Å². The van der Waals surface area contributed by atoms with Crippen LogP contribution in [-0.4, -0.2) is 19.2 Å². The van der Waals surface area contributed by atoms with Crippen LogP contribution < -0.4 is 14.9 Å². The number of amides is 1. The predicted octanol–water partition coefficient (Wildman–Crippen LogP) is 5.45. The molecular formula is C22H18BrClN2O3. The Balaban J connectivity index is 1.62. The summed E-state index contributed by atoms with van der Waals surface area (Å²) in [6.07, 6.45) is 1.54. The van der Waals surface area contributed by atoms with Crippen LogP contribution in [0.4, 0.5) is 0 Å². The van der Waals surface area contributed by atoms with Crippen molar-refractivity contribution >= 4 is 39.7 Å². The van der Waals surface area contributed by atoms with Gasteiger partial charge in [-0.25, -0.2) is 5.43 Å². The minimum Gasteiger partial charge on any atom is -0.493 e. The van der Waals surface area contributed by atoms with Gasteiger partial charge in [0, 0.05) is 15.1 Å². The van der Waals surface area contributed by atoms with E-state index in [1.807, 2.05) is 36.4 Å². The second kappa shape index (κ2) is 10.1. The van der Waals surface area contributed by atoms with Crippen molar-refractivity contribution in [2.45, 2.75) is 6.61 Å². The van der Waals surface area contributed by atoms with Gasteiger partial charge in [-0.2, -0.15) is 5.10 Å². The standard InChI is InChI=1S/C22H18BrClN2O3/c1-28-21-11-16(13-25-26-22(27)17-3-2-4-18(23)12-17)7-10-20(21)29-14-15-5-8-19(24)9-6-15/h2-13H,14H2,1H3,(H,26,27)/b25-13+. The average molecular weight is 474 g/mol. The summed E-state index contributed by atoms with van der Waals surface area (Å²) < 4.78 is 12.1. The van der Waals surface area contributed by atoms with Crippen LogP contribution in [0.1, 0.15) is 21.5 Å². The van der Waals surface area contributed by atoms with E-state index < -0.39 is 0 Å². The van der Waals surface area contributed by atoms with E-state index in [4.69, 9.17) is 21.1 Å². The Hall–Kier alpha value is -2.83. The summed E-state index contributed by atoms with van der Waals surface area (Å²) in [7, 11) is 1.57. The molecule has 0 atom stereocenters. The number of hydrogen-bond donors (Lipinski definition) is 1. The van der Waals surface area contributed by atoms with Crippen LogP contribution in [-0.2, 0) is 6.61 Å². The lowest BCUT2D eigenvalue weighted by Gasteiger charge is -2.11. The number of nitrogens with one attached hydrogen (secondary N) is 1. The Morgan fingerprint density at radius 3 is 2.62 bits per heavy atom. The number of hydrazone groups is 1. The first-order valence-electron chi connectivity index (χ1n) is 8.69. The number of ether oxygens (including phenoxy) is 2. The first-order valence-corrected chi connectivity index (χ1v) is 9.86. The van der Waals surface area contributed by atoms with E-state index in [0.29, 0.717) is 28.7 Å². The number of carbonyl (C=O) groups is 1. The molecule has 1 N–H and O–H groups in total. The molecule has 0 spiro atoms. The number of methoxy groups -OCH3 is 1. The summed E-state index contributed by atoms with van der Waals surface area (Å²) in [6, 6.07) is 19.9. The highest BCUT2D eigenvalue weighted by Gasteiger charge is 2.07. The number of benzene rings is 3. The molecule has 0 bridgehead atoms. The van der Waals surface area contributed by atoms with Crippen molar-refractivity contribution in [3.8, 4) is 11.5 Å². The van der Waals surface area contributed by atoms with E-state index in [1.165, 1.54) is 0 Å². The van der Waals surface area contributed by atoms with Crippen LogP contribution in [0.2, 0.25) is 5.02 Å². The summed E-state index contributed by atoms with van der Waals surface area (Å²) in [5.74, 6) is 0.886. The molecule has 0 radical (unpaired) electrons. The fraction of sp³-hybridized carbons (Fsp3) is 0.0909. The zero-order valence-electron chi connectivity index (χ0n) is 15.6. The number of nitrogens with zero attached hydrogens (tertiary/aromatic N) is 1. The largest absolute Gasteiger partial charge is 0.493 e. The number of hydrogen-bond acceptors (Lipinski definition) is 4. The maximum absolute atomic E-state index is 12.1. The highest BCUT2D eigenvalue weighted by atomic mass is 79.9. The molecule has 0 aromatic heterocycles. The first kappa shape index (κ1) is 20.9. The van der Waals surface area contributed by atoms with Gasteiger partial charge in [0.25, 0.3) is 5.91 Å². The summed E-state index contributed by atoms with van der Waals surface area (Å²) >= 11 is 9.23. The number of rotatable bonds is 7. The minimum atomic E-state index is -0.294. The Labute approximate surface area is 182 Å². The molecule has 148 valence electrons. The first-order chi connectivity index (χ1) is 14.0. The van der Waals surface area contributed by atoms with E-state index in [1.54, 1.807) is 43.7 Å². The quantitative estimate of drug-likeness (QED) is 0.366. The topological polar surface area (TPSA) is 59.9 Å². The van der Waals surface area contributed by atoms with Gasteiger partial charge in [-0.05, 0) is 59.7 Å². The molecule has 29 heavy (non-hydrogen) atoms. The molecule has 0 aliphatic rings. The van der Waals surface area contributed by atoms with E-state index in [2.05, 4.69) is 26.5 Å². The van der Waals surface area contributed by atoms with Crippen molar-refractivity contribution in [3.05, 3.63) is 92.9 Å². The van der Waals surface area contributed by atoms with Gasteiger partial charge in [0.2, 0.25) is 0 Å². The smallest absolute Gasteiger partial charge is 0.271 e. The maximum Gasteiger partial charge on any atom is 0.271 e. The molecule has 0 heterocycles. The summed E-state index contributed by atoms with van der Waals surface area (Å²) in [5.41, 5.74) is 4.78. The normalized spacial score (nSPS) is 10.7. The van der Waals surface area contributed by atoms with Gasteiger partial charge in [0.15, 0.2) is 11.5 Å². The van der Waals surface area contributed by atoms with Crippen LogP contribution in [0.5, 0.6) is 11.5 Å². The van der Waals surface area contributed by atoms with Crippen molar-refractivity contribution in [1.82, 2.24) is 5.43 Å². The molecule has 0 aliphatic heterocycles. The van der Waals surface area contributed by atoms with Crippen LogP contribution in [0.15, 0.2) is 76.3 Å². The number of halogens is 2. The summed E-state index contributed by atoms with van der Waals surface area (Å²) in [4.78, 5) is 12.1. The van der Waals surface area contributed by atoms with Gasteiger partial charge in [0.1, 0.15) is 6.61 Å². The zero-order chi connectivity index (χ0) is 20.6. The van der Waals surface area contributed by atoms with Crippen molar-refractivity contribution in [3.63, 3.8) is 0 Å². The third-order valence-corrected chi connectivity index (χ3v) is 4.71. The van der Waals surface area contributed by atoms with Gasteiger partial charge in [-0.15, -0.1) is 0 Å². The maximum atomic E-state index is 12.1. The average Bonchev–Trinajstić information content (AvgIpc) is 2.73. The van der Waals surface area contributed by atoms with Crippen LogP contribution in [0.3, 0.4) is 0 Å². The Morgan fingerprint density at radius 2 is 1.90 bits per heavy atom. The van der Waals surface area contributed by atoms with Crippen molar-refractivity contribution in [1.29, 1.82) is 0 Å². The van der Waals surface area contributed by atoms with Crippen LogP contribution in [0.25, 0.3) is 0 Å². The highest BCUT2D eigenvalue weighted by Crippen LogP contribution is 2.28. The fourth-order valence-corrected chi connectivity index (χ4v) is 3.01. The summed E-state index contributed by atoms with van der Waals surface area (Å²) in [5, 5.41) is 4.69. The third kappa shape index (κ3) is 6.07. The molecule has 0 saturated heterocycles. The van der Waals surface area contributed by atoms with Gasteiger partial charge < -0.3 is 9.47 Å². The molecule has 0 saturated carbocycles. The van der Waals surface area contributed by atoms with E-state index in [0.717, 1.165) is 15.6 Å². The molecule has 7 heteroatoms. The second-order valence-corrected chi connectivity index (χ2v) is 7.39. The molecule has 0 fully saturated rings. The third-order valence-electron chi connectivity index (χ3n) is 3.96. The number of carbonyl (C=O) groups excluding carboxylic acids is 1. The highest BCUT2D eigenvalue weighted by molar-refractivity contribution is 9.10. The summed E-state index contributed by atoms with van der Waals surface area (Å²) in [6.45, 7) is 0.393. The van der Waals surface area contributed by atoms with E-state index in [-0.39, 0.29) is 5.91 Å². The lowest BCUT2D eigenvalue weighted by atomic mass is 10.2. The monoisotopic (exact) mass is 472 g/mol. The lowest BCUT2D eigenvalue weighted by molar-refractivity contribution is 0.0955. The van der Waals surface area contributed by atoms with Crippen LogP contribution in [0, 0.1) is 0 Å². The zero-order valence-corrected chi connectivity index (χ0v) is 17.9. The Morgan fingerprint density at radius 1 is 1.10 bits per heavy atom. The molecular weight excluding hydrogens is 456 g/mol. The van der Waals surface area contributed by atoms with Gasteiger partial charge in [0.05, 0.1) is 13.3 Å². The molecule has 0 unspecified atom stereocenters. The molecule has 0 aliphatic carbocycles. The molecule has 3 aromatic rings. The SMILES string of the molecule is COc1cc(/C=N/NC(=O)c2cccc(Br)c2)ccc1OCc1ccc(Cl)cc1.